The number of aryl methyl sites for hydroxylation is 1. The summed E-state index contributed by atoms with van der Waals surface area (Å²) < 4.78 is 29.2. The predicted molar refractivity (Wildman–Crippen MR) is 134 cm³/mol. The van der Waals surface area contributed by atoms with Crippen LogP contribution in [0.25, 0.3) is 5.57 Å². The first-order valence-electron chi connectivity index (χ1n) is 10.7. The van der Waals surface area contributed by atoms with Crippen molar-refractivity contribution < 1.29 is 8.42 Å². The Kier molecular flexibility index (Phi) is 7.53. The van der Waals surface area contributed by atoms with Crippen LogP contribution in [-0.4, -0.2) is 8.42 Å². The number of hydrogen-bond acceptors (Lipinski definition) is 2. The average Bonchev–Trinajstić information content (AvgIpc) is 2.82. The summed E-state index contributed by atoms with van der Waals surface area (Å²) in [5, 5.41) is 0. The third-order valence-electron chi connectivity index (χ3n) is 5.35. The van der Waals surface area contributed by atoms with Crippen LogP contribution in [0.3, 0.4) is 0 Å². The number of anilines is 1. The second-order valence-electron chi connectivity index (χ2n) is 7.67. The van der Waals surface area contributed by atoms with Crippen molar-refractivity contribution in [1.29, 1.82) is 0 Å². The Morgan fingerprint density at radius 2 is 1.56 bits per heavy atom. The third-order valence-corrected chi connectivity index (χ3v) is 7.11. The smallest absolute Gasteiger partial charge is 0.230 e. The Morgan fingerprint density at radius 1 is 0.938 bits per heavy atom. The molecule has 0 aliphatic rings. The van der Waals surface area contributed by atoms with E-state index in [9.17, 15) is 8.42 Å². The molecule has 0 saturated carbocycles. The molecular weight excluding hydrogens is 414 g/mol. The van der Waals surface area contributed by atoms with E-state index in [0.29, 0.717) is 17.8 Å². The number of hydrogen-bond donors (Lipinski definition) is 0. The molecule has 4 heteroatoms. The van der Waals surface area contributed by atoms with Gasteiger partial charge >= 0.3 is 0 Å². The summed E-state index contributed by atoms with van der Waals surface area (Å²) in [6, 6.07) is 24.1. The lowest BCUT2D eigenvalue weighted by atomic mass is 9.98. The van der Waals surface area contributed by atoms with Gasteiger partial charge in [-0.15, -0.1) is 5.73 Å². The minimum atomic E-state index is -3.90. The molecule has 0 saturated heterocycles. The van der Waals surface area contributed by atoms with Crippen molar-refractivity contribution in [3.05, 3.63) is 120 Å². The minimum Gasteiger partial charge on any atom is -0.230 e. The number of allylic oxidation sites excluding steroid dienone is 1. The molecule has 3 aromatic rings. The average molecular weight is 444 g/mol. The van der Waals surface area contributed by atoms with Gasteiger partial charge in [-0.25, -0.2) is 12.7 Å². The van der Waals surface area contributed by atoms with Crippen LogP contribution in [0.15, 0.2) is 108 Å². The summed E-state index contributed by atoms with van der Waals surface area (Å²) in [4.78, 5) is 0.229. The van der Waals surface area contributed by atoms with Gasteiger partial charge in [0, 0.05) is 5.56 Å². The highest BCUT2D eigenvalue weighted by atomic mass is 32.2. The maximum absolute atomic E-state index is 13.9. The first-order chi connectivity index (χ1) is 15.4. The number of para-hydroxylation sites is 1. The molecule has 3 nitrogen and oxygen atoms in total. The van der Waals surface area contributed by atoms with E-state index in [1.54, 1.807) is 12.1 Å². The monoisotopic (exact) mass is 443 g/mol. The van der Waals surface area contributed by atoms with Crippen LogP contribution >= 0.6 is 0 Å². The van der Waals surface area contributed by atoms with E-state index in [0.717, 1.165) is 35.1 Å². The summed E-state index contributed by atoms with van der Waals surface area (Å²) in [5.41, 5.74) is 7.42. The Hall–Kier alpha value is -3.33. The molecule has 0 heterocycles. The van der Waals surface area contributed by atoms with Crippen molar-refractivity contribution in [2.75, 3.05) is 4.31 Å². The van der Waals surface area contributed by atoms with Gasteiger partial charge in [0.25, 0.3) is 10.0 Å². The molecule has 0 fully saturated rings. The Labute approximate surface area is 192 Å². The zero-order valence-corrected chi connectivity index (χ0v) is 19.5. The van der Waals surface area contributed by atoms with Gasteiger partial charge in [0.05, 0.1) is 16.3 Å². The van der Waals surface area contributed by atoms with E-state index in [4.69, 9.17) is 0 Å². The van der Waals surface area contributed by atoms with Gasteiger partial charge in [-0.3, -0.25) is 0 Å². The normalized spacial score (nSPS) is 10.9. The fraction of sp³-hybridized carbons (Fsp3) is 0.179. The van der Waals surface area contributed by atoms with Gasteiger partial charge in [-0.05, 0) is 49.1 Å². The summed E-state index contributed by atoms with van der Waals surface area (Å²) in [7, 11) is -3.90. The summed E-state index contributed by atoms with van der Waals surface area (Å²) >= 11 is 0. The highest BCUT2D eigenvalue weighted by Gasteiger charge is 2.30. The second-order valence-corrected chi connectivity index (χ2v) is 9.46. The van der Waals surface area contributed by atoms with E-state index in [2.05, 4.69) is 25.8 Å². The highest BCUT2D eigenvalue weighted by molar-refractivity contribution is 7.93. The molecule has 0 aromatic heterocycles. The molecule has 0 amide bonds. The number of sulfonamides is 1. The molecule has 0 N–H and O–H groups in total. The van der Waals surface area contributed by atoms with Gasteiger partial charge in [0.15, 0.2) is 0 Å². The Morgan fingerprint density at radius 3 is 2.19 bits per heavy atom. The van der Waals surface area contributed by atoms with Gasteiger partial charge in [-0.1, -0.05) is 92.7 Å². The van der Waals surface area contributed by atoms with Crippen LogP contribution in [-0.2, 0) is 10.0 Å². The molecule has 32 heavy (non-hydrogen) atoms. The molecule has 164 valence electrons. The SMILES string of the molecule is C=C=C(CCCC)N(c1ccccc1C(=C)c1ccccc1)S(=O)(=O)c1ccc(C)cc1. The molecular formula is C28H29NO2S. The lowest BCUT2D eigenvalue weighted by molar-refractivity contribution is 0.593. The van der Waals surface area contributed by atoms with E-state index >= 15 is 0 Å². The zero-order chi connectivity index (χ0) is 23.1. The quantitative estimate of drug-likeness (QED) is 0.330. The molecule has 0 aliphatic carbocycles. The van der Waals surface area contributed by atoms with E-state index in [-0.39, 0.29) is 4.90 Å². The lowest BCUT2D eigenvalue weighted by Gasteiger charge is -2.28. The fourth-order valence-corrected chi connectivity index (χ4v) is 5.10. The van der Waals surface area contributed by atoms with Crippen molar-refractivity contribution >= 4 is 21.3 Å². The van der Waals surface area contributed by atoms with Gasteiger partial charge in [-0.2, -0.15) is 0 Å². The number of benzene rings is 3. The summed E-state index contributed by atoms with van der Waals surface area (Å²) in [6.45, 7) is 12.1. The first-order valence-corrected chi connectivity index (χ1v) is 12.2. The van der Waals surface area contributed by atoms with Crippen molar-refractivity contribution in [2.45, 2.75) is 38.0 Å². The highest BCUT2D eigenvalue weighted by Crippen LogP contribution is 2.37. The molecule has 3 aromatic carbocycles. The van der Waals surface area contributed by atoms with Crippen molar-refractivity contribution in [2.24, 2.45) is 0 Å². The van der Waals surface area contributed by atoms with E-state index in [1.165, 1.54) is 4.31 Å². The predicted octanol–water partition coefficient (Wildman–Crippen LogP) is 7.11. The zero-order valence-electron chi connectivity index (χ0n) is 18.7. The standard InChI is InChI=1S/C28H29NO2S/c1-5-7-15-25(6-2)29(32(30,31)26-20-18-22(3)19-21-26)28-17-12-11-16-27(28)23(4)24-13-9-8-10-14-24/h8-14,16-21H,2,4-5,7,15H2,1,3H3. The molecule has 0 spiro atoms. The fourth-order valence-electron chi connectivity index (χ4n) is 3.54. The van der Waals surface area contributed by atoms with Crippen LogP contribution in [0.4, 0.5) is 5.69 Å². The van der Waals surface area contributed by atoms with Crippen LogP contribution in [0.1, 0.15) is 42.9 Å². The topological polar surface area (TPSA) is 37.4 Å². The second kappa shape index (κ2) is 10.3. The van der Waals surface area contributed by atoms with E-state index in [1.807, 2.05) is 73.7 Å². The van der Waals surface area contributed by atoms with E-state index < -0.39 is 10.0 Å². The molecule has 3 rings (SSSR count). The molecule has 0 bridgehead atoms. The maximum Gasteiger partial charge on any atom is 0.268 e. The maximum atomic E-state index is 13.9. The summed E-state index contributed by atoms with van der Waals surface area (Å²) in [5.74, 6) is 0. The Bertz CT molecular complexity index is 1240. The van der Waals surface area contributed by atoms with Crippen LogP contribution < -0.4 is 4.31 Å². The molecule has 0 unspecified atom stereocenters. The van der Waals surface area contributed by atoms with Crippen LogP contribution in [0.2, 0.25) is 0 Å². The molecule has 0 atom stereocenters. The van der Waals surface area contributed by atoms with Gasteiger partial charge < -0.3 is 0 Å². The van der Waals surface area contributed by atoms with Crippen molar-refractivity contribution in [1.82, 2.24) is 0 Å². The van der Waals surface area contributed by atoms with Gasteiger partial charge in [0.2, 0.25) is 0 Å². The number of unbranched alkanes of at least 4 members (excludes halogenated alkanes) is 1. The van der Waals surface area contributed by atoms with Crippen molar-refractivity contribution in [3.8, 4) is 0 Å². The summed E-state index contributed by atoms with van der Waals surface area (Å²) in [6.07, 6.45) is 2.32. The number of rotatable bonds is 9. The minimum absolute atomic E-state index is 0.229. The van der Waals surface area contributed by atoms with Crippen molar-refractivity contribution in [3.63, 3.8) is 0 Å². The largest absolute Gasteiger partial charge is 0.268 e. The lowest BCUT2D eigenvalue weighted by Crippen LogP contribution is -2.31. The number of nitrogens with zero attached hydrogens (tertiary/aromatic N) is 1. The molecule has 0 radical (unpaired) electrons. The first kappa shape index (κ1) is 23.3. The van der Waals surface area contributed by atoms with Crippen LogP contribution in [0, 0.1) is 6.92 Å². The van der Waals surface area contributed by atoms with Gasteiger partial charge in [0.1, 0.15) is 0 Å². The van der Waals surface area contributed by atoms with Crippen LogP contribution in [0.5, 0.6) is 0 Å². The third kappa shape index (κ3) is 4.94. The Balaban J connectivity index is 2.22. The molecule has 0 aliphatic heterocycles.